The summed E-state index contributed by atoms with van der Waals surface area (Å²) < 4.78 is 68.7. The van der Waals surface area contributed by atoms with Gasteiger partial charge in [0.15, 0.2) is 11.5 Å². The zero-order chi connectivity index (χ0) is 13.9. The van der Waals surface area contributed by atoms with Gasteiger partial charge in [0, 0.05) is 6.42 Å². The number of ketones is 1. The third-order valence-electron chi connectivity index (χ3n) is 2.08. The van der Waals surface area contributed by atoms with Crippen molar-refractivity contribution >= 4 is 5.78 Å². The molecule has 1 rings (SSSR count). The van der Waals surface area contributed by atoms with Crippen molar-refractivity contribution < 1.29 is 31.5 Å². The molecule has 0 bridgehead atoms. The molecule has 0 unspecified atom stereocenters. The third kappa shape index (κ3) is 2.77. The highest BCUT2D eigenvalue weighted by Gasteiger charge is 2.27. The lowest BCUT2D eigenvalue weighted by molar-refractivity contribution is -0.121. The van der Waals surface area contributed by atoms with Crippen molar-refractivity contribution in [2.24, 2.45) is 0 Å². The van der Waals surface area contributed by atoms with Gasteiger partial charge >= 0.3 is 0 Å². The Balaban J connectivity index is 2.99. The number of hydrogen-bond donors (Lipinski definition) is 0. The molecule has 0 aliphatic carbocycles. The molecule has 0 fully saturated rings. The van der Waals surface area contributed by atoms with Gasteiger partial charge in [0.2, 0.25) is 29.1 Å². The van der Waals surface area contributed by atoms with Gasteiger partial charge in [-0.15, -0.1) is 0 Å². The highest BCUT2D eigenvalue weighted by atomic mass is 19.2. The molecule has 100 valence electrons. The lowest BCUT2D eigenvalue weighted by Crippen LogP contribution is -2.14. The normalized spacial score (nSPS) is 10.6. The van der Waals surface area contributed by atoms with Crippen molar-refractivity contribution in [1.29, 1.82) is 0 Å². The van der Waals surface area contributed by atoms with E-state index < -0.39 is 47.2 Å². The van der Waals surface area contributed by atoms with Crippen LogP contribution in [0, 0.1) is 29.1 Å². The minimum atomic E-state index is -2.27. The first-order valence-corrected chi connectivity index (χ1v) is 5.06. The summed E-state index contributed by atoms with van der Waals surface area (Å²) in [7, 11) is 0. The molecule has 0 saturated heterocycles. The predicted octanol–water partition coefficient (Wildman–Crippen LogP) is 3.13. The van der Waals surface area contributed by atoms with E-state index in [1.165, 1.54) is 0 Å². The number of halogens is 5. The fraction of sp³-hybridized carbons (Fsp3) is 0.364. The Labute approximate surface area is 99.4 Å². The number of Topliss-reactive ketones (excluding diaryl/α,β-unsaturated/α-hetero) is 1. The van der Waals surface area contributed by atoms with Gasteiger partial charge in [-0.3, -0.25) is 4.79 Å². The van der Waals surface area contributed by atoms with Gasteiger partial charge in [0.25, 0.3) is 0 Å². The van der Waals surface area contributed by atoms with Crippen molar-refractivity contribution in [2.45, 2.75) is 19.8 Å². The Morgan fingerprint density at radius 3 is 1.83 bits per heavy atom. The van der Waals surface area contributed by atoms with E-state index >= 15 is 0 Å². The first-order valence-electron chi connectivity index (χ1n) is 5.06. The van der Waals surface area contributed by atoms with Crippen molar-refractivity contribution in [3.8, 4) is 5.75 Å². The molecule has 0 radical (unpaired) electrons. The summed E-state index contributed by atoms with van der Waals surface area (Å²) in [5.41, 5.74) is 0. The van der Waals surface area contributed by atoms with Crippen LogP contribution in [-0.2, 0) is 4.79 Å². The van der Waals surface area contributed by atoms with Gasteiger partial charge in [0.1, 0.15) is 6.61 Å². The molecule has 1 aromatic rings. The van der Waals surface area contributed by atoms with E-state index in [0.29, 0.717) is 6.42 Å². The van der Waals surface area contributed by atoms with Crippen LogP contribution in [0.5, 0.6) is 5.75 Å². The maximum Gasteiger partial charge on any atom is 0.207 e. The average Bonchev–Trinajstić information content (AvgIpc) is 2.34. The maximum atomic E-state index is 13.1. The zero-order valence-electron chi connectivity index (χ0n) is 9.33. The highest BCUT2D eigenvalue weighted by Crippen LogP contribution is 2.29. The molecule has 7 heteroatoms. The van der Waals surface area contributed by atoms with Crippen LogP contribution < -0.4 is 4.74 Å². The Hall–Kier alpha value is -1.66. The fourth-order valence-electron chi connectivity index (χ4n) is 1.22. The second kappa shape index (κ2) is 5.79. The van der Waals surface area contributed by atoms with E-state index in [-0.39, 0.29) is 6.42 Å². The first-order chi connectivity index (χ1) is 8.40. The zero-order valence-corrected chi connectivity index (χ0v) is 9.33. The summed E-state index contributed by atoms with van der Waals surface area (Å²) in [4.78, 5) is 11.0. The lowest BCUT2D eigenvalue weighted by atomic mass is 10.2. The molecule has 0 N–H and O–H groups in total. The quantitative estimate of drug-likeness (QED) is 0.466. The third-order valence-corrected chi connectivity index (χ3v) is 2.08. The van der Waals surface area contributed by atoms with E-state index in [2.05, 4.69) is 4.74 Å². The van der Waals surface area contributed by atoms with Crippen LogP contribution in [-0.4, -0.2) is 12.4 Å². The number of hydrogen-bond acceptors (Lipinski definition) is 2. The Morgan fingerprint density at radius 1 is 0.944 bits per heavy atom. The molecule has 0 atom stereocenters. The van der Waals surface area contributed by atoms with Crippen LogP contribution in [0.25, 0.3) is 0 Å². The second-order valence-corrected chi connectivity index (χ2v) is 3.48. The molecule has 18 heavy (non-hydrogen) atoms. The summed E-state index contributed by atoms with van der Waals surface area (Å²) in [6.45, 7) is 0.947. The average molecular weight is 268 g/mol. The van der Waals surface area contributed by atoms with Crippen LogP contribution in [0.2, 0.25) is 0 Å². The van der Waals surface area contributed by atoms with Gasteiger partial charge in [-0.2, -0.15) is 8.78 Å². The Morgan fingerprint density at radius 2 is 1.39 bits per heavy atom. The number of benzene rings is 1. The molecule has 0 aromatic heterocycles. The van der Waals surface area contributed by atoms with Gasteiger partial charge in [-0.1, -0.05) is 6.92 Å². The van der Waals surface area contributed by atoms with E-state index in [1.54, 1.807) is 6.92 Å². The van der Waals surface area contributed by atoms with Gasteiger partial charge in [0.05, 0.1) is 0 Å². The Kier molecular flexibility index (Phi) is 4.63. The summed E-state index contributed by atoms with van der Waals surface area (Å²) in [6.07, 6.45) is 0.578. The highest BCUT2D eigenvalue weighted by molar-refractivity contribution is 5.79. The second-order valence-electron chi connectivity index (χ2n) is 3.48. The van der Waals surface area contributed by atoms with Crippen LogP contribution >= 0.6 is 0 Å². The van der Waals surface area contributed by atoms with E-state index in [1.807, 2.05) is 0 Å². The van der Waals surface area contributed by atoms with Crippen molar-refractivity contribution in [2.75, 3.05) is 6.61 Å². The summed E-state index contributed by atoms with van der Waals surface area (Å²) in [6, 6.07) is 0. The van der Waals surface area contributed by atoms with E-state index in [4.69, 9.17) is 0 Å². The number of rotatable bonds is 5. The van der Waals surface area contributed by atoms with Gasteiger partial charge < -0.3 is 4.74 Å². The van der Waals surface area contributed by atoms with Crippen molar-refractivity contribution in [1.82, 2.24) is 0 Å². The topological polar surface area (TPSA) is 26.3 Å². The maximum absolute atomic E-state index is 13.1. The molecule has 0 aliphatic heterocycles. The molecule has 0 aliphatic rings. The largest absolute Gasteiger partial charge is 0.480 e. The standard InChI is InChI=1S/C11H9F5O2/c1-2-3-5(17)4-18-11-9(15)7(13)6(12)8(14)10(11)16/h2-4H2,1H3. The fourth-order valence-corrected chi connectivity index (χ4v) is 1.22. The molecule has 0 amide bonds. The molecule has 0 saturated carbocycles. The van der Waals surface area contributed by atoms with E-state index in [0.717, 1.165) is 0 Å². The SMILES string of the molecule is CCCC(=O)COc1c(F)c(F)c(F)c(F)c1F. The molecule has 0 heterocycles. The van der Waals surface area contributed by atoms with Gasteiger partial charge in [-0.25, -0.2) is 13.2 Å². The van der Waals surface area contributed by atoms with Crippen molar-refractivity contribution in [3.05, 3.63) is 29.1 Å². The van der Waals surface area contributed by atoms with Gasteiger partial charge in [-0.05, 0) is 6.42 Å². The summed E-state index contributed by atoms with van der Waals surface area (Å²) >= 11 is 0. The molecule has 2 nitrogen and oxygen atoms in total. The van der Waals surface area contributed by atoms with E-state index in [9.17, 15) is 26.7 Å². The molecular weight excluding hydrogens is 259 g/mol. The summed E-state index contributed by atoms with van der Waals surface area (Å²) in [5.74, 6) is -12.6. The Bertz CT molecular complexity index is 444. The van der Waals surface area contributed by atoms with Crippen LogP contribution in [0.1, 0.15) is 19.8 Å². The van der Waals surface area contributed by atoms with Crippen LogP contribution in [0.15, 0.2) is 0 Å². The molecule has 0 spiro atoms. The first kappa shape index (κ1) is 14.4. The minimum Gasteiger partial charge on any atom is -0.480 e. The number of ether oxygens (including phenoxy) is 1. The molecular formula is C11H9F5O2. The number of carbonyl (C=O) groups excluding carboxylic acids is 1. The smallest absolute Gasteiger partial charge is 0.207 e. The lowest BCUT2D eigenvalue weighted by Gasteiger charge is -2.09. The van der Waals surface area contributed by atoms with Crippen LogP contribution in [0.3, 0.4) is 0 Å². The molecule has 1 aromatic carbocycles. The summed E-state index contributed by atoms with van der Waals surface area (Å²) in [5, 5.41) is 0. The van der Waals surface area contributed by atoms with Crippen molar-refractivity contribution in [3.63, 3.8) is 0 Å². The minimum absolute atomic E-state index is 0.0927. The number of carbonyl (C=O) groups is 1. The van der Waals surface area contributed by atoms with Crippen LogP contribution in [0.4, 0.5) is 22.0 Å². The predicted molar refractivity (Wildman–Crippen MR) is 51.6 cm³/mol. The monoisotopic (exact) mass is 268 g/mol.